The Balaban J connectivity index is 0.000000134. The number of hydrogen-bond acceptors (Lipinski definition) is 12. The maximum atomic E-state index is 11.9. The van der Waals surface area contributed by atoms with Crippen molar-refractivity contribution in [2.45, 2.75) is 77.0 Å². The molecule has 0 aliphatic carbocycles. The van der Waals surface area contributed by atoms with E-state index in [0.29, 0.717) is 0 Å². The number of nitrogens with zero attached hydrogens (tertiary/aromatic N) is 4. The highest BCUT2D eigenvalue weighted by Gasteiger charge is 2.19. The van der Waals surface area contributed by atoms with E-state index in [0.717, 1.165) is 172 Å². The predicted octanol–water partition coefficient (Wildman–Crippen LogP) is 12.0. The molecule has 4 aromatic carbocycles. The molecule has 0 N–H and O–H groups in total. The van der Waals surface area contributed by atoms with Crippen molar-refractivity contribution in [2.24, 2.45) is 0 Å². The Labute approximate surface area is 493 Å². The fourth-order valence-electron chi connectivity index (χ4n) is 10.2. The van der Waals surface area contributed by atoms with E-state index in [1.165, 1.54) is 25.7 Å². The second-order valence-corrected chi connectivity index (χ2v) is 20.9. The summed E-state index contributed by atoms with van der Waals surface area (Å²) in [6.45, 7) is 8.21. The number of benzene rings is 4. The van der Waals surface area contributed by atoms with Crippen molar-refractivity contribution in [3.63, 3.8) is 0 Å². The van der Waals surface area contributed by atoms with Gasteiger partial charge in [-0.2, -0.15) is 0 Å². The van der Waals surface area contributed by atoms with Gasteiger partial charge in [0, 0.05) is 76.7 Å². The summed E-state index contributed by atoms with van der Waals surface area (Å²) in [5.41, 5.74) is 4.09. The second kappa shape index (κ2) is 32.1. The topological polar surface area (TPSA) is 155 Å². The zero-order valence-corrected chi connectivity index (χ0v) is 47.8. The molecule has 8 aliphatic rings. The summed E-state index contributed by atoms with van der Waals surface area (Å²) in [6.07, 6.45) is 42.9. The zero-order chi connectivity index (χ0) is 58.0. The molecule has 0 bridgehead atoms. The number of ether oxygens (including phenoxy) is 8. The molecule has 0 atom stereocenters. The molecular weight excluding hydrogens is 1060 g/mol. The average molecular weight is 1140 g/mol. The average Bonchev–Trinajstić information content (AvgIpc) is 4.49. The van der Waals surface area contributed by atoms with E-state index >= 15 is 0 Å². The second-order valence-electron chi connectivity index (χ2n) is 20.9. The van der Waals surface area contributed by atoms with E-state index in [1.54, 1.807) is 48.6 Å². The highest BCUT2D eigenvalue weighted by Crippen LogP contribution is 2.36. The molecule has 4 aromatic rings. The van der Waals surface area contributed by atoms with Crippen LogP contribution in [0.5, 0.6) is 46.0 Å². The number of piperidine rings is 4. The standard InChI is InChI=1S/4C17H19NO3/c4*19-17(18-10-4-1-5-11-18)7-3-2-6-14-8-9-15-16(12-14)21-13-20-15/h4*2-3,6-9,12H,1,4-5,10-11,13H2/b6-2+,7-3+;6-2+,7-3-;6-2-,7-3+;6-2-,7-3-. The van der Waals surface area contributed by atoms with Gasteiger partial charge in [0.05, 0.1) is 0 Å². The summed E-state index contributed by atoms with van der Waals surface area (Å²) >= 11 is 0. The minimum atomic E-state index is 0.102. The Morgan fingerprint density at radius 1 is 0.262 bits per heavy atom. The minimum Gasteiger partial charge on any atom is -0.454 e. The quantitative estimate of drug-likeness (QED) is 0.0979. The van der Waals surface area contributed by atoms with Gasteiger partial charge in [0.15, 0.2) is 46.0 Å². The largest absolute Gasteiger partial charge is 0.454 e. The Kier molecular flexibility index (Phi) is 22.8. The molecule has 0 radical (unpaired) electrons. The highest BCUT2D eigenvalue weighted by atomic mass is 16.7. The zero-order valence-electron chi connectivity index (χ0n) is 47.8. The molecule has 440 valence electrons. The minimum absolute atomic E-state index is 0.102. The fourth-order valence-corrected chi connectivity index (χ4v) is 10.2. The first-order chi connectivity index (χ1) is 41.3. The third-order valence-electron chi connectivity index (χ3n) is 14.8. The van der Waals surface area contributed by atoms with E-state index in [2.05, 4.69) is 0 Å². The number of carbonyl (C=O) groups excluding carboxylic acids is 4. The first kappa shape index (κ1) is 59.7. The monoisotopic (exact) mass is 1140 g/mol. The summed E-state index contributed by atoms with van der Waals surface area (Å²) in [5, 5.41) is 0. The molecular formula is C68H76N4O12. The van der Waals surface area contributed by atoms with Crippen molar-refractivity contribution in [3.8, 4) is 46.0 Å². The molecule has 84 heavy (non-hydrogen) atoms. The first-order valence-electron chi connectivity index (χ1n) is 29.4. The van der Waals surface area contributed by atoms with Gasteiger partial charge in [0.1, 0.15) is 0 Å². The van der Waals surface area contributed by atoms with E-state index in [4.69, 9.17) is 37.9 Å². The van der Waals surface area contributed by atoms with Crippen LogP contribution in [0.15, 0.2) is 146 Å². The van der Waals surface area contributed by atoms with Crippen LogP contribution < -0.4 is 37.9 Å². The molecule has 4 amide bonds. The van der Waals surface area contributed by atoms with Crippen LogP contribution in [0.4, 0.5) is 0 Å². The van der Waals surface area contributed by atoms with Crippen LogP contribution in [0, 0.1) is 0 Å². The number of fused-ring (bicyclic) bond motifs is 4. The van der Waals surface area contributed by atoms with Gasteiger partial charge in [-0.3, -0.25) is 19.2 Å². The molecule has 4 fully saturated rings. The Bertz CT molecular complexity index is 2700. The molecule has 16 nitrogen and oxygen atoms in total. The molecule has 8 aliphatic heterocycles. The van der Waals surface area contributed by atoms with Crippen molar-refractivity contribution in [1.82, 2.24) is 19.6 Å². The molecule has 0 spiro atoms. The summed E-state index contributed by atoms with van der Waals surface area (Å²) in [5.74, 6) is 6.61. The van der Waals surface area contributed by atoms with Crippen LogP contribution in [0.3, 0.4) is 0 Å². The Hall–Kier alpha value is -8.92. The molecule has 12 rings (SSSR count). The highest BCUT2D eigenvalue weighted by molar-refractivity contribution is 5.89. The van der Waals surface area contributed by atoms with Gasteiger partial charge in [0.25, 0.3) is 0 Å². The number of allylic oxidation sites excluding steroid dienone is 8. The lowest BCUT2D eigenvalue weighted by Crippen LogP contribution is -2.34. The van der Waals surface area contributed by atoms with E-state index < -0.39 is 0 Å². The van der Waals surface area contributed by atoms with Crippen molar-refractivity contribution >= 4 is 47.9 Å². The molecule has 8 heterocycles. The maximum absolute atomic E-state index is 11.9. The summed E-state index contributed by atoms with van der Waals surface area (Å²) in [6, 6.07) is 23.1. The van der Waals surface area contributed by atoms with Gasteiger partial charge < -0.3 is 57.5 Å². The number of carbonyl (C=O) groups is 4. The lowest BCUT2D eigenvalue weighted by Gasteiger charge is -2.25. The number of amides is 4. The molecule has 16 heteroatoms. The third-order valence-corrected chi connectivity index (χ3v) is 14.8. The summed E-state index contributed by atoms with van der Waals surface area (Å²) < 4.78 is 42.4. The van der Waals surface area contributed by atoms with E-state index in [9.17, 15) is 19.2 Å². The van der Waals surface area contributed by atoms with Gasteiger partial charge in [-0.1, -0.05) is 97.2 Å². The maximum Gasteiger partial charge on any atom is 0.246 e. The fraction of sp³-hybridized carbons (Fsp3) is 0.353. The molecule has 0 saturated carbocycles. The van der Waals surface area contributed by atoms with Crippen molar-refractivity contribution < 1.29 is 57.1 Å². The smallest absolute Gasteiger partial charge is 0.246 e. The van der Waals surface area contributed by atoms with Gasteiger partial charge in [-0.15, -0.1) is 0 Å². The molecule has 4 saturated heterocycles. The van der Waals surface area contributed by atoms with E-state index in [-0.39, 0.29) is 50.8 Å². The van der Waals surface area contributed by atoms with Crippen molar-refractivity contribution in [2.75, 3.05) is 79.5 Å². The lowest BCUT2D eigenvalue weighted by molar-refractivity contribution is -0.127. The summed E-state index contributed by atoms with van der Waals surface area (Å²) in [7, 11) is 0. The van der Waals surface area contributed by atoms with Crippen molar-refractivity contribution in [1.29, 1.82) is 0 Å². The normalized spacial score (nSPS) is 17.8. The first-order valence-corrected chi connectivity index (χ1v) is 29.4. The SMILES string of the molecule is O=C(/C=C/C=C/c1ccc2c(c1)OCO2)N1CCCCC1.O=C(/C=C/C=C\c1ccc2c(c1)OCO2)N1CCCCC1.O=C(/C=C\C=C/c1ccc2c(c1)OCO2)N1CCCCC1.O=C(/C=C\C=C\c1ccc2c(c1)OCO2)N1CCCCC1. The van der Waals surface area contributed by atoms with Crippen LogP contribution in [-0.2, 0) is 19.2 Å². The van der Waals surface area contributed by atoms with Crippen LogP contribution in [0.25, 0.3) is 24.3 Å². The van der Waals surface area contributed by atoms with Crippen LogP contribution in [0.2, 0.25) is 0 Å². The van der Waals surface area contributed by atoms with Gasteiger partial charge in [-0.25, -0.2) is 0 Å². The summed E-state index contributed by atoms with van der Waals surface area (Å²) in [4.78, 5) is 55.4. The van der Waals surface area contributed by atoms with Gasteiger partial charge >= 0.3 is 0 Å². The Morgan fingerprint density at radius 3 is 0.679 bits per heavy atom. The van der Waals surface area contributed by atoms with E-state index in [1.807, 2.05) is 141 Å². The van der Waals surface area contributed by atoms with Crippen LogP contribution in [-0.4, -0.2) is 123 Å². The number of rotatable bonds is 12. The van der Waals surface area contributed by atoms with Crippen molar-refractivity contribution in [3.05, 3.63) is 168 Å². The van der Waals surface area contributed by atoms with Crippen LogP contribution >= 0.6 is 0 Å². The lowest BCUT2D eigenvalue weighted by atomic mass is 10.1. The van der Waals surface area contributed by atoms with Crippen LogP contribution in [0.1, 0.15) is 99.3 Å². The van der Waals surface area contributed by atoms with Gasteiger partial charge in [-0.05, 0) is 148 Å². The number of hydrogen-bond donors (Lipinski definition) is 0. The predicted molar refractivity (Wildman–Crippen MR) is 325 cm³/mol. The molecule has 0 aromatic heterocycles. The third kappa shape index (κ3) is 18.5. The molecule has 0 unspecified atom stereocenters. The number of likely N-dealkylation sites (tertiary alicyclic amines) is 4. The van der Waals surface area contributed by atoms with Gasteiger partial charge in [0.2, 0.25) is 50.8 Å². The Morgan fingerprint density at radius 2 is 0.464 bits per heavy atom.